The molecule has 1 aliphatic rings. The summed E-state index contributed by atoms with van der Waals surface area (Å²) < 4.78 is 6.07. The number of hydrogen-bond acceptors (Lipinski definition) is 2. The number of nitrogens with zero attached hydrogens (tertiary/aromatic N) is 1. The van der Waals surface area contributed by atoms with Gasteiger partial charge in [-0.25, -0.2) is 4.99 Å². The van der Waals surface area contributed by atoms with E-state index in [1.165, 1.54) is 5.56 Å². The highest BCUT2D eigenvalue weighted by molar-refractivity contribution is 5.80. The standard InChI is InChI=1S/C19H27NO/c1-5-6-12-17(13-16-10-8-7-9-11-16)18-20-19(3,4)14-15(2)21-18/h5,7-11,15,17H,1,6,12-14H2,2-4H3. The Kier molecular flexibility index (Phi) is 5.22. The maximum Gasteiger partial charge on any atom is 0.187 e. The molecule has 2 nitrogen and oxygen atoms in total. The number of rotatable bonds is 6. The van der Waals surface area contributed by atoms with Gasteiger partial charge >= 0.3 is 0 Å². The molecule has 2 heteroatoms. The van der Waals surface area contributed by atoms with E-state index in [1.54, 1.807) is 0 Å². The number of benzene rings is 1. The Morgan fingerprint density at radius 2 is 2.10 bits per heavy atom. The number of ether oxygens (including phenoxy) is 1. The van der Waals surface area contributed by atoms with E-state index in [9.17, 15) is 0 Å². The zero-order chi connectivity index (χ0) is 15.3. The summed E-state index contributed by atoms with van der Waals surface area (Å²) in [5.41, 5.74) is 1.32. The van der Waals surface area contributed by atoms with E-state index < -0.39 is 0 Å². The van der Waals surface area contributed by atoms with Crippen LogP contribution in [-0.4, -0.2) is 17.5 Å². The van der Waals surface area contributed by atoms with Crippen molar-refractivity contribution in [3.8, 4) is 0 Å². The van der Waals surface area contributed by atoms with Crippen LogP contribution in [0.4, 0.5) is 0 Å². The summed E-state index contributed by atoms with van der Waals surface area (Å²) in [5.74, 6) is 1.27. The Hall–Kier alpha value is -1.57. The Morgan fingerprint density at radius 3 is 2.71 bits per heavy atom. The lowest BCUT2D eigenvalue weighted by Crippen LogP contribution is -2.37. The fraction of sp³-hybridized carbons (Fsp3) is 0.526. The average molecular weight is 285 g/mol. The Labute approximate surface area is 128 Å². The first-order valence-corrected chi connectivity index (χ1v) is 7.91. The zero-order valence-electron chi connectivity index (χ0n) is 13.5. The molecule has 2 atom stereocenters. The van der Waals surface area contributed by atoms with E-state index in [4.69, 9.17) is 9.73 Å². The molecular weight excluding hydrogens is 258 g/mol. The number of aliphatic imine (C=N–C) groups is 1. The first kappa shape index (κ1) is 15.8. The van der Waals surface area contributed by atoms with Gasteiger partial charge in [0.15, 0.2) is 5.90 Å². The third-order valence-corrected chi connectivity index (χ3v) is 3.92. The molecule has 0 N–H and O–H groups in total. The van der Waals surface area contributed by atoms with E-state index in [0.29, 0.717) is 5.92 Å². The first-order valence-electron chi connectivity index (χ1n) is 7.91. The van der Waals surface area contributed by atoms with E-state index in [1.807, 2.05) is 6.08 Å². The van der Waals surface area contributed by atoms with Crippen molar-refractivity contribution in [3.05, 3.63) is 48.6 Å². The molecule has 1 aliphatic heterocycles. The van der Waals surface area contributed by atoms with E-state index >= 15 is 0 Å². The minimum atomic E-state index is -0.0177. The molecule has 114 valence electrons. The van der Waals surface area contributed by atoms with Crippen molar-refractivity contribution in [3.63, 3.8) is 0 Å². The molecule has 0 aliphatic carbocycles. The van der Waals surface area contributed by atoms with Gasteiger partial charge in [-0.2, -0.15) is 0 Å². The summed E-state index contributed by atoms with van der Waals surface area (Å²) in [6, 6.07) is 10.6. The van der Waals surface area contributed by atoms with Gasteiger partial charge in [-0.15, -0.1) is 6.58 Å². The molecule has 2 unspecified atom stereocenters. The molecule has 0 fully saturated rings. The van der Waals surface area contributed by atoms with Crippen molar-refractivity contribution in [1.29, 1.82) is 0 Å². The van der Waals surface area contributed by atoms with Gasteiger partial charge in [-0.3, -0.25) is 0 Å². The largest absolute Gasteiger partial charge is 0.478 e. The second kappa shape index (κ2) is 6.93. The topological polar surface area (TPSA) is 21.6 Å². The summed E-state index contributed by atoms with van der Waals surface area (Å²) in [5, 5.41) is 0. The van der Waals surface area contributed by atoms with Gasteiger partial charge in [-0.05, 0) is 45.6 Å². The normalized spacial score (nSPS) is 22.0. The van der Waals surface area contributed by atoms with Gasteiger partial charge in [0.1, 0.15) is 0 Å². The SMILES string of the molecule is C=CCCC(Cc1ccccc1)C1=NC(C)(C)CC(C)O1. The summed E-state index contributed by atoms with van der Waals surface area (Å²) >= 11 is 0. The first-order chi connectivity index (χ1) is 10.00. The van der Waals surface area contributed by atoms with Crippen molar-refractivity contribution >= 4 is 5.90 Å². The van der Waals surface area contributed by atoms with Gasteiger partial charge in [0.2, 0.25) is 0 Å². The van der Waals surface area contributed by atoms with Crippen LogP contribution in [0.25, 0.3) is 0 Å². The third-order valence-electron chi connectivity index (χ3n) is 3.92. The second-order valence-corrected chi connectivity index (χ2v) is 6.65. The quantitative estimate of drug-likeness (QED) is 0.688. The fourth-order valence-corrected chi connectivity index (χ4v) is 3.04. The Balaban J connectivity index is 2.19. The van der Waals surface area contributed by atoms with Gasteiger partial charge in [0, 0.05) is 12.3 Å². The summed E-state index contributed by atoms with van der Waals surface area (Å²) in [6.07, 6.45) is 6.23. The molecule has 0 spiro atoms. The van der Waals surface area contributed by atoms with Crippen molar-refractivity contribution in [1.82, 2.24) is 0 Å². The van der Waals surface area contributed by atoms with Crippen molar-refractivity contribution in [2.24, 2.45) is 10.9 Å². The van der Waals surface area contributed by atoms with Gasteiger partial charge in [0.25, 0.3) is 0 Å². The molecule has 1 aromatic carbocycles. The van der Waals surface area contributed by atoms with Crippen LogP contribution in [0.3, 0.4) is 0 Å². The predicted molar refractivity (Wildman–Crippen MR) is 89.7 cm³/mol. The monoisotopic (exact) mass is 285 g/mol. The molecule has 0 amide bonds. The van der Waals surface area contributed by atoms with Crippen LogP contribution in [0, 0.1) is 5.92 Å². The lowest BCUT2D eigenvalue weighted by atomic mass is 9.91. The average Bonchev–Trinajstić information content (AvgIpc) is 2.42. The molecule has 0 saturated heterocycles. The smallest absolute Gasteiger partial charge is 0.187 e. The summed E-state index contributed by atoms with van der Waals surface area (Å²) in [7, 11) is 0. The number of allylic oxidation sites excluding steroid dienone is 1. The predicted octanol–water partition coefficient (Wildman–Crippen LogP) is 4.80. The minimum Gasteiger partial charge on any atom is -0.478 e. The van der Waals surface area contributed by atoms with Crippen LogP contribution in [0.15, 0.2) is 48.0 Å². The van der Waals surface area contributed by atoms with Crippen molar-refractivity contribution in [2.45, 2.75) is 58.1 Å². The van der Waals surface area contributed by atoms with Crippen molar-refractivity contribution in [2.75, 3.05) is 0 Å². The van der Waals surface area contributed by atoms with Crippen LogP contribution in [0.5, 0.6) is 0 Å². The molecule has 0 radical (unpaired) electrons. The maximum absolute atomic E-state index is 6.07. The highest BCUT2D eigenvalue weighted by Crippen LogP contribution is 2.28. The van der Waals surface area contributed by atoms with Crippen LogP contribution >= 0.6 is 0 Å². The lowest BCUT2D eigenvalue weighted by Gasteiger charge is -2.34. The second-order valence-electron chi connectivity index (χ2n) is 6.65. The van der Waals surface area contributed by atoms with Crippen LogP contribution in [0.2, 0.25) is 0 Å². The molecule has 0 saturated carbocycles. The minimum absolute atomic E-state index is 0.0177. The van der Waals surface area contributed by atoms with E-state index in [-0.39, 0.29) is 11.6 Å². The van der Waals surface area contributed by atoms with E-state index in [2.05, 4.69) is 57.7 Å². The highest BCUT2D eigenvalue weighted by atomic mass is 16.5. The van der Waals surface area contributed by atoms with Crippen LogP contribution < -0.4 is 0 Å². The van der Waals surface area contributed by atoms with Gasteiger partial charge in [0.05, 0.1) is 11.6 Å². The maximum atomic E-state index is 6.07. The third kappa shape index (κ3) is 4.73. The van der Waals surface area contributed by atoms with Crippen LogP contribution in [-0.2, 0) is 11.2 Å². The fourth-order valence-electron chi connectivity index (χ4n) is 3.04. The Bertz CT molecular complexity index is 490. The number of hydrogen-bond donors (Lipinski definition) is 0. The highest BCUT2D eigenvalue weighted by Gasteiger charge is 2.31. The van der Waals surface area contributed by atoms with Crippen LogP contribution in [0.1, 0.15) is 45.6 Å². The molecule has 2 rings (SSSR count). The molecule has 0 bridgehead atoms. The molecule has 1 heterocycles. The summed E-state index contributed by atoms with van der Waals surface area (Å²) in [6.45, 7) is 10.4. The van der Waals surface area contributed by atoms with Gasteiger partial charge in [-0.1, -0.05) is 36.4 Å². The zero-order valence-corrected chi connectivity index (χ0v) is 13.5. The van der Waals surface area contributed by atoms with Gasteiger partial charge < -0.3 is 4.74 Å². The summed E-state index contributed by atoms with van der Waals surface area (Å²) in [4.78, 5) is 4.87. The van der Waals surface area contributed by atoms with Crippen molar-refractivity contribution < 1.29 is 4.74 Å². The lowest BCUT2D eigenvalue weighted by molar-refractivity contribution is 0.130. The molecule has 21 heavy (non-hydrogen) atoms. The Morgan fingerprint density at radius 1 is 1.38 bits per heavy atom. The molecule has 1 aromatic rings. The van der Waals surface area contributed by atoms with E-state index in [0.717, 1.165) is 31.6 Å². The molecule has 0 aromatic heterocycles. The molecular formula is C19H27NO.